The summed E-state index contributed by atoms with van der Waals surface area (Å²) < 4.78 is 1.60. The van der Waals surface area contributed by atoms with Gasteiger partial charge in [0.1, 0.15) is 0 Å². The third-order valence-electron chi connectivity index (χ3n) is 1.85. The molecule has 2 N–H and O–H groups in total. The highest BCUT2D eigenvalue weighted by molar-refractivity contribution is 5.14. The molecule has 0 unspecified atom stereocenters. The molecule has 60 valence electrons. The number of hydrogen-bond acceptors (Lipinski definition) is 2. The summed E-state index contributed by atoms with van der Waals surface area (Å²) in [5, 5.41) is 0. The van der Waals surface area contributed by atoms with Crippen molar-refractivity contribution >= 4 is 0 Å². The van der Waals surface area contributed by atoms with Crippen LogP contribution in [-0.2, 0) is 13.6 Å². The van der Waals surface area contributed by atoms with Crippen molar-refractivity contribution in [3.8, 4) is 0 Å². The zero-order chi connectivity index (χ0) is 8.43. The molecule has 1 rings (SSSR count). The molecule has 0 atom stereocenters. The van der Waals surface area contributed by atoms with Crippen molar-refractivity contribution in [2.45, 2.75) is 13.5 Å². The van der Waals surface area contributed by atoms with E-state index in [9.17, 15) is 4.79 Å². The normalized spacial score (nSPS) is 10.1. The van der Waals surface area contributed by atoms with Gasteiger partial charge in [0.25, 0.3) is 5.56 Å². The van der Waals surface area contributed by atoms with Crippen LogP contribution >= 0.6 is 0 Å². The number of nitrogens with zero attached hydrogens (tertiary/aromatic N) is 1. The van der Waals surface area contributed by atoms with Crippen LogP contribution < -0.4 is 11.3 Å². The zero-order valence-corrected chi connectivity index (χ0v) is 6.79. The first-order chi connectivity index (χ1) is 5.16. The molecule has 0 radical (unpaired) electrons. The molecular formula is C8H12N2O. The van der Waals surface area contributed by atoms with E-state index in [2.05, 4.69) is 0 Å². The van der Waals surface area contributed by atoms with Gasteiger partial charge in [-0.1, -0.05) is 6.07 Å². The maximum Gasteiger partial charge on any atom is 0.254 e. The smallest absolute Gasteiger partial charge is 0.254 e. The van der Waals surface area contributed by atoms with E-state index in [1.54, 1.807) is 17.7 Å². The van der Waals surface area contributed by atoms with Gasteiger partial charge in [0.05, 0.1) is 0 Å². The lowest BCUT2D eigenvalue weighted by atomic mass is 10.2. The Kier molecular flexibility index (Phi) is 2.10. The molecule has 0 aliphatic carbocycles. The Morgan fingerprint density at radius 3 is 2.73 bits per heavy atom. The predicted octanol–water partition coefficient (Wildman–Crippen LogP) is 0.152. The molecule has 1 aromatic rings. The minimum Gasteiger partial charge on any atom is -0.326 e. The number of aromatic nitrogens is 1. The van der Waals surface area contributed by atoms with Gasteiger partial charge in [0.2, 0.25) is 0 Å². The van der Waals surface area contributed by atoms with Crippen molar-refractivity contribution in [1.29, 1.82) is 0 Å². The first-order valence-electron chi connectivity index (χ1n) is 3.52. The van der Waals surface area contributed by atoms with Crippen LogP contribution in [0.2, 0.25) is 0 Å². The number of pyridine rings is 1. The van der Waals surface area contributed by atoms with Gasteiger partial charge in [-0.25, -0.2) is 0 Å². The van der Waals surface area contributed by atoms with Crippen molar-refractivity contribution in [3.63, 3.8) is 0 Å². The van der Waals surface area contributed by atoms with Gasteiger partial charge in [0.15, 0.2) is 0 Å². The summed E-state index contributed by atoms with van der Waals surface area (Å²) in [7, 11) is 1.75. The Bertz CT molecular complexity index is 314. The minimum atomic E-state index is 0.00694. The quantitative estimate of drug-likeness (QED) is 0.622. The third-order valence-corrected chi connectivity index (χ3v) is 1.85. The first kappa shape index (κ1) is 8.01. The average Bonchev–Trinajstić information content (AvgIpc) is 2.01. The maximum atomic E-state index is 11.3. The van der Waals surface area contributed by atoms with Crippen LogP contribution in [0.5, 0.6) is 0 Å². The van der Waals surface area contributed by atoms with Gasteiger partial charge in [-0.3, -0.25) is 4.79 Å². The molecular weight excluding hydrogens is 140 g/mol. The lowest BCUT2D eigenvalue weighted by molar-refractivity contribution is 0.795. The van der Waals surface area contributed by atoms with E-state index in [-0.39, 0.29) is 5.56 Å². The summed E-state index contributed by atoms with van der Waals surface area (Å²) >= 11 is 0. The first-order valence-corrected chi connectivity index (χ1v) is 3.52. The second-order valence-corrected chi connectivity index (χ2v) is 2.57. The van der Waals surface area contributed by atoms with E-state index in [4.69, 9.17) is 5.73 Å². The largest absolute Gasteiger partial charge is 0.326 e. The molecule has 0 bridgehead atoms. The molecule has 0 fully saturated rings. The third kappa shape index (κ3) is 1.33. The SMILES string of the molecule is Cc1ccc(CN)c(=O)n1C. The molecule has 0 aliphatic rings. The van der Waals surface area contributed by atoms with Gasteiger partial charge in [-0.2, -0.15) is 0 Å². The fourth-order valence-corrected chi connectivity index (χ4v) is 0.935. The van der Waals surface area contributed by atoms with Crippen LogP contribution in [0, 0.1) is 6.92 Å². The van der Waals surface area contributed by atoms with Crippen LogP contribution in [0.1, 0.15) is 11.3 Å². The summed E-state index contributed by atoms with van der Waals surface area (Å²) in [4.78, 5) is 11.3. The summed E-state index contributed by atoms with van der Waals surface area (Å²) in [5.74, 6) is 0. The minimum absolute atomic E-state index is 0.00694. The highest BCUT2D eigenvalue weighted by Crippen LogP contribution is 1.94. The number of aryl methyl sites for hydroxylation is 1. The Labute approximate surface area is 65.5 Å². The summed E-state index contributed by atoms with van der Waals surface area (Å²) in [5.41, 5.74) is 6.98. The molecule has 0 amide bonds. The second-order valence-electron chi connectivity index (χ2n) is 2.57. The van der Waals surface area contributed by atoms with Crippen molar-refractivity contribution in [3.05, 3.63) is 33.7 Å². The average molecular weight is 152 g/mol. The monoisotopic (exact) mass is 152 g/mol. The molecule has 0 spiro atoms. The van der Waals surface area contributed by atoms with E-state index in [1.807, 2.05) is 13.0 Å². The second kappa shape index (κ2) is 2.88. The highest BCUT2D eigenvalue weighted by Gasteiger charge is 1.99. The van der Waals surface area contributed by atoms with Crippen molar-refractivity contribution in [2.24, 2.45) is 12.8 Å². The van der Waals surface area contributed by atoms with Gasteiger partial charge in [-0.15, -0.1) is 0 Å². The molecule has 0 aliphatic heterocycles. The van der Waals surface area contributed by atoms with Crippen LogP contribution in [-0.4, -0.2) is 4.57 Å². The van der Waals surface area contributed by atoms with E-state index >= 15 is 0 Å². The van der Waals surface area contributed by atoms with Gasteiger partial charge in [0, 0.05) is 24.8 Å². The highest BCUT2D eigenvalue weighted by atomic mass is 16.1. The lowest BCUT2D eigenvalue weighted by Crippen LogP contribution is -2.24. The topological polar surface area (TPSA) is 48.0 Å². The molecule has 0 aromatic carbocycles. The van der Waals surface area contributed by atoms with Crippen LogP contribution in [0.15, 0.2) is 16.9 Å². The Morgan fingerprint density at radius 1 is 1.55 bits per heavy atom. The number of rotatable bonds is 1. The molecule has 1 heterocycles. The van der Waals surface area contributed by atoms with Crippen molar-refractivity contribution in [1.82, 2.24) is 4.57 Å². The Morgan fingerprint density at radius 2 is 2.18 bits per heavy atom. The van der Waals surface area contributed by atoms with E-state index in [1.165, 1.54) is 0 Å². The Balaban J connectivity index is 3.37. The fourth-order valence-electron chi connectivity index (χ4n) is 0.935. The predicted molar refractivity (Wildman–Crippen MR) is 44.3 cm³/mol. The van der Waals surface area contributed by atoms with Gasteiger partial charge < -0.3 is 10.3 Å². The summed E-state index contributed by atoms with van der Waals surface area (Å²) in [6, 6.07) is 3.67. The van der Waals surface area contributed by atoms with Crippen molar-refractivity contribution in [2.75, 3.05) is 0 Å². The van der Waals surface area contributed by atoms with Crippen LogP contribution in [0.3, 0.4) is 0 Å². The molecule has 0 saturated heterocycles. The lowest BCUT2D eigenvalue weighted by Gasteiger charge is -2.03. The maximum absolute atomic E-state index is 11.3. The number of hydrogen-bond donors (Lipinski definition) is 1. The molecule has 3 nitrogen and oxygen atoms in total. The summed E-state index contributed by atoms with van der Waals surface area (Å²) in [6.07, 6.45) is 0. The van der Waals surface area contributed by atoms with Crippen LogP contribution in [0.4, 0.5) is 0 Å². The van der Waals surface area contributed by atoms with Gasteiger partial charge >= 0.3 is 0 Å². The zero-order valence-electron chi connectivity index (χ0n) is 6.79. The fraction of sp³-hybridized carbons (Fsp3) is 0.375. The Hall–Kier alpha value is -1.09. The molecule has 0 saturated carbocycles. The molecule has 3 heteroatoms. The molecule has 11 heavy (non-hydrogen) atoms. The summed E-state index contributed by atoms with van der Waals surface area (Å²) in [6.45, 7) is 2.20. The van der Waals surface area contributed by atoms with Gasteiger partial charge in [-0.05, 0) is 13.0 Å². The van der Waals surface area contributed by atoms with E-state index in [0.29, 0.717) is 12.1 Å². The number of nitrogens with two attached hydrogens (primary N) is 1. The van der Waals surface area contributed by atoms with Crippen molar-refractivity contribution < 1.29 is 0 Å². The van der Waals surface area contributed by atoms with Crippen LogP contribution in [0.25, 0.3) is 0 Å². The standard InChI is InChI=1S/C8H12N2O/c1-6-3-4-7(5-9)8(11)10(6)2/h3-4H,5,9H2,1-2H3. The van der Waals surface area contributed by atoms with E-state index < -0.39 is 0 Å². The molecule has 1 aromatic heterocycles. The van der Waals surface area contributed by atoms with E-state index in [0.717, 1.165) is 5.69 Å².